The first kappa shape index (κ1) is 14.4. The molecule has 5 heterocycles. The fraction of sp³-hybridized carbons (Fsp3) is 0.375. The zero-order chi connectivity index (χ0) is 17.0. The predicted octanol–water partition coefficient (Wildman–Crippen LogP) is 1.02. The van der Waals surface area contributed by atoms with E-state index >= 15 is 0 Å². The number of furan rings is 1. The number of hydrogen-bond acceptors (Lipinski definition) is 7. The second kappa shape index (κ2) is 5.28. The van der Waals surface area contributed by atoms with E-state index in [9.17, 15) is 0 Å². The van der Waals surface area contributed by atoms with E-state index in [0.29, 0.717) is 17.2 Å². The lowest BCUT2D eigenvalue weighted by atomic mass is 10.3. The predicted molar refractivity (Wildman–Crippen MR) is 92.5 cm³/mol. The van der Waals surface area contributed by atoms with Gasteiger partial charge in [0, 0.05) is 39.4 Å². The van der Waals surface area contributed by atoms with Gasteiger partial charge in [-0.15, -0.1) is 5.10 Å². The minimum absolute atomic E-state index is 0.554. The molecule has 128 valence electrons. The molecule has 0 saturated carbocycles. The molecule has 0 N–H and O–H groups in total. The summed E-state index contributed by atoms with van der Waals surface area (Å²) < 4.78 is 9.04. The fourth-order valence-electron chi connectivity index (χ4n) is 3.21. The van der Waals surface area contributed by atoms with Crippen molar-refractivity contribution >= 4 is 22.6 Å². The third-order valence-corrected chi connectivity index (χ3v) is 4.58. The minimum Gasteiger partial charge on any atom is -0.461 e. The van der Waals surface area contributed by atoms with Crippen LogP contribution in [0.25, 0.3) is 28.3 Å². The Kier molecular flexibility index (Phi) is 3.04. The molecule has 0 unspecified atom stereocenters. The van der Waals surface area contributed by atoms with Gasteiger partial charge >= 0.3 is 0 Å². The van der Waals surface area contributed by atoms with Crippen molar-refractivity contribution in [1.29, 1.82) is 0 Å². The molecule has 1 fully saturated rings. The van der Waals surface area contributed by atoms with Gasteiger partial charge in [-0.1, -0.05) is 0 Å². The third-order valence-electron chi connectivity index (χ3n) is 4.58. The molecule has 9 nitrogen and oxygen atoms in total. The molecular formula is C16H18N8O. The summed E-state index contributed by atoms with van der Waals surface area (Å²) in [6.45, 7) is 3.77. The quantitative estimate of drug-likeness (QED) is 0.540. The molecule has 4 aromatic rings. The van der Waals surface area contributed by atoms with E-state index in [1.807, 2.05) is 29.9 Å². The Hall–Kier alpha value is -2.94. The van der Waals surface area contributed by atoms with Gasteiger partial charge in [-0.2, -0.15) is 14.6 Å². The number of rotatable bonds is 2. The molecule has 5 rings (SSSR count). The van der Waals surface area contributed by atoms with Gasteiger partial charge in [-0.05, 0) is 19.2 Å². The Labute approximate surface area is 143 Å². The van der Waals surface area contributed by atoms with E-state index in [-0.39, 0.29) is 0 Å². The molecule has 1 saturated heterocycles. The van der Waals surface area contributed by atoms with Crippen LogP contribution in [0, 0.1) is 0 Å². The summed E-state index contributed by atoms with van der Waals surface area (Å²) in [4.78, 5) is 14.0. The van der Waals surface area contributed by atoms with Gasteiger partial charge in [0.1, 0.15) is 0 Å². The van der Waals surface area contributed by atoms with Crippen LogP contribution in [0.3, 0.4) is 0 Å². The van der Waals surface area contributed by atoms with E-state index in [1.165, 1.54) is 0 Å². The zero-order valence-electron chi connectivity index (χ0n) is 14.1. The molecule has 4 aromatic heterocycles. The van der Waals surface area contributed by atoms with Crippen molar-refractivity contribution in [3.8, 4) is 11.6 Å². The zero-order valence-corrected chi connectivity index (χ0v) is 14.1. The number of anilines is 1. The van der Waals surface area contributed by atoms with E-state index in [2.05, 4.69) is 27.0 Å². The normalized spacial score (nSPS) is 16.3. The number of piperazine rings is 1. The van der Waals surface area contributed by atoms with Crippen molar-refractivity contribution in [2.45, 2.75) is 0 Å². The van der Waals surface area contributed by atoms with Crippen LogP contribution in [0.1, 0.15) is 0 Å². The molecule has 1 aliphatic heterocycles. The smallest absolute Gasteiger partial charge is 0.230 e. The number of nitrogens with zero attached hydrogens (tertiary/aromatic N) is 8. The standard InChI is InChI=1S/C16H18N8O/c1-21-5-7-23(8-6-21)16-18-13-11(10-22(2)19-13)15-17-14(20-24(15)16)12-4-3-9-25-12/h3-4,9-10H,5-8H2,1-2H3. The van der Waals surface area contributed by atoms with Crippen LogP contribution in [-0.2, 0) is 7.05 Å². The Morgan fingerprint density at radius 2 is 1.88 bits per heavy atom. The van der Waals surface area contributed by atoms with E-state index in [4.69, 9.17) is 14.4 Å². The number of hydrogen-bond donors (Lipinski definition) is 0. The molecule has 0 spiro atoms. The van der Waals surface area contributed by atoms with Crippen LogP contribution in [-0.4, -0.2) is 67.5 Å². The minimum atomic E-state index is 0.554. The molecular weight excluding hydrogens is 320 g/mol. The van der Waals surface area contributed by atoms with Crippen molar-refractivity contribution < 1.29 is 4.42 Å². The van der Waals surface area contributed by atoms with E-state index < -0.39 is 0 Å². The number of fused-ring (bicyclic) bond motifs is 3. The van der Waals surface area contributed by atoms with Gasteiger partial charge in [0.05, 0.1) is 11.6 Å². The van der Waals surface area contributed by atoms with Crippen LogP contribution in [0.5, 0.6) is 0 Å². The number of likely N-dealkylation sites (N-methyl/N-ethyl adjacent to an activating group) is 1. The van der Waals surface area contributed by atoms with Crippen molar-refractivity contribution in [2.24, 2.45) is 7.05 Å². The molecule has 0 atom stereocenters. The van der Waals surface area contributed by atoms with Gasteiger partial charge in [-0.25, -0.2) is 4.98 Å². The monoisotopic (exact) mass is 338 g/mol. The molecule has 1 aliphatic rings. The van der Waals surface area contributed by atoms with Crippen LogP contribution < -0.4 is 4.90 Å². The Balaban J connectivity index is 1.74. The van der Waals surface area contributed by atoms with E-state index in [0.717, 1.165) is 43.2 Å². The highest BCUT2D eigenvalue weighted by atomic mass is 16.3. The average molecular weight is 338 g/mol. The highest BCUT2D eigenvalue weighted by molar-refractivity contribution is 5.90. The number of aromatic nitrogens is 6. The Morgan fingerprint density at radius 3 is 2.64 bits per heavy atom. The summed E-state index contributed by atoms with van der Waals surface area (Å²) in [5, 5.41) is 10.0. The van der Waals surface area contributed by atoms with Crippen LogP contribution in [0.4, 0.5) is 5.95 Å². The van der Waals surface area contributed by atoms with Crippen molar-refractivity contribution in [1.82, 2.24) is 34.3 Å². The summed E-state index contributed by atoms with van der Waals surface area (Å²) in [5.41, 5.74) is 1.43. The second-order valence-electron chi connectivity index (χ2n) is 6.39. The lowest BCUT2D eigenvalue weighted by Gasteiger charge is -2.32. The maximum Gasteiger partial charge on any atom is 0.230 e. The lowest BCUT2D eigenvalue weighted by molar-refractivity contribution is 0.310. The Morgan fingerprint density at radius 1 is 1.04 bits per heavy atom. The van der Waals surface area contributed by atoms with Gasteiger partial charge in [0.25, 0.3) is 0 Å². The van der Waals surface area contributed by atoms with Crippen LogP contribution in [0.15, 0.2) is 29.0 Å². The topological polar surface area (TPSA) is 80.5 Å². The molecule has 9 heteroatoms. The van der Waals surface area contributed by atoms with Crippen molar-refractivity contribution in [3.05, 3.63) is 24.6 Å². The first-order chi connectivity index (χ1) is 12.2. The first-order valence-corrected chi connectivity index (χ1v) is 8.26. The van der Waals surface area contributed by atoms with Crippen LogP contribution in [0.2, 0.25) is 0 Å². The maximum absolute atomic E-state index is 5.47. The first-order valence-electron chi connectivity index (χ1n) is 8.26. The van der Waals surface area contributed by atoms with Gasteiger partial charge in [-0.3, -0.25) is 4.68 Å². The van der Waals surface area contributed by atoms with Crippen molar-refractivity contribution in [3.63, 3.8) is 0 Å². The third kappa shape index (κ3) is 2.27. The molecule has 0 amide bonds. The molecule has 0 aliphatic carbocycles. The summed E-state index contributed by atoms with van der Waals surface area (Å²) in [6, 6.07) is 3.69. The highest BCUT2D eigenvalue weighted by Crippen LogP contribution is 2.25. The molecule has 0 aromatic carbocycles. The summed E-state index contributed by atoms with van der Waals surface area (Å²) >= 11 is 0. The summed E-state index contributed by atoms with van der Waals surface area (Å²) in [5.74, 6) is 1.98. The van der Waals surface area contributed by atoms with Crippen molar-refractivity contribution in [2.75, 3.05) is 38.1 Å². The second-order valence-corrected chi connectivity index (χ2v) is 6.39. The molecule has 0 bridgehead atoms. The lowest BCUT2D eigenvalue weighted by Crippen LogP contribution is -2.45. The van der Waals surface area contributed by atoms with Gasteiger partial charge < -0.3 is 14.2 Å². The number of aryl methyl sites for hydroxylation is 1. The average Bonchev–Trinajstić information content (AvgIpc) is 3.32. The Bertz CT molecular complexity index is 1040. The van der Waals surface area contributed by atoms with Gasteiger partial charge in [0.15, 0.2) is 17.1 Å². The maximum atomic E-state index is 5.47. The molecule has 25 heavy (non-hydrogen) atoms. The SMILES string of the molecule is CN1CCN(c2nc3nn(C)cc3c3nc(-c4ccco4)nn23)CC1. The van der Waals surface area contributed by atoms with Gasteiger partial charge in [0.2, 0.25) is 11.8 Å². The molecule has 0 radical (unpaired) electrons. The van der Waals surface area contributed by atoms with E-state index in [1.54, 1.807) is 10.9 Å². The van der Waals surface area contributed by atoms with Crippen LogP contribution >= 0.6 is 0 Å². The summed E-state index contributed by atoms with van der Waals surface area (Å²) in [7, 11) is 4.02. The highest BCUT2D eigenvalue weighted by Gasteiger charge is 2.23. The summed E-state index contributed by atoms with van der Waals surface area (Å²) in [6.07, 6.45) is 3.55. The largest absolute Gasteiger partial charge is 0.461 e. The fourth-order valence-corrected chi connectivity index (χ4v) is 3.21.